The van der Waals surface area contributed by atoms with Crippen molar-refractivity contribution < 1.29 is 29.3 Å². The number of esters is 1. The van der Waals surface area contributed by atoms with Crippen molar-refractivity contribution in [2.45, 2.75) is 39.4 Å². The topological polar surface area (TPSA) is 93.1 Å². The lowest BCUT2D eigenvalue weighted by molar-refractivity contribution is -0.157. The Morgan fingerprint density at radius 2 is 2.04 bits per heavy atom. The average Bonchev–Trinajstić information content (AvgIpc) is 2.64. The Bertz CT molecular complexity index is 760. The molecule has 0 heterocycles. The third kappa shape index (κ3) is 4.52. The minimum atomic E-state index is -1.05. The number of carbonyl (C=O) groups excluding carboxylic acids is 2. The smallest absolute Gasteiger partial charge is 0.331 e. The number of aliphatic hydroxyl groups excluding tert-OH is 1. The van der Waals surface area contributed by atoms with Crippen LogP contribution in [0.25, 0.3) is 6.08 Å². The molecular weight excluding hydrogens is 336 g/mol. The number of ether oxygens (including phenoxy) is 2. The second-order valence-electron chi connectivity index (χ2n) is 7.05. The van der Waals surface area contributed by atoms with Gasteiger partial charge in [-0.05, 0) is 42.3 Å². The number of ketones is 1. The zero-order valence-corrected chi connectivity index (χ0v) is 15.4. The molecule has 2 N–H and O–H groups in total. The molecule has 0 aromatic heterocycles. The van der Waals surface area contributed by atoms with Crippen molar-refractivity contribution in [1.82, 2.24) is 0 Å². The van der Waals surface area contributed by atoms with E-state index < -0.39 is 23.6 Å². The molecule has 140 valence electrons. The lowest BCUT2D eigenvalue weighted by Crippen LogP contribution is -2.41. The van der Waals surface area contributed by atoms with E-state index in [4.69, 9.17) is 9.47 Å². The molecule has 0 amide bonds. The van der Waals surface area contributed by atoms with E-state index in [1.807, 2.05) is 0 Å². The summed E-state index contributed by atoms with van der Waals surface area (Å²) in [6.07, 6.45) is 2.48. The van der Waals surface area contributed by atoms with Crippen molar-refractivity contribution in [3.8, 4) is 11.5 Å². The first-order valence-electron chi connectivity index (χ1n) is 8.29. The van der Waals surface area contributed by atoms with Gasteiger partial charge in [0.15, 0.2) is 17.3 Å². The maximum Gasteiger partial charge on any atom is 0.331 e. The summed E-state index contributed by atoms with van der Waals surface area (Å²) in [4.78, 5) is 24.2. The van der Waals surface area contributed by atoms with Crippen LogP contribution in [0.4, 0.5) is 0 Å². The van der Waals surface area contributed by atoms with E-state index in [1.165, 1.54) is 31.4 Å². The van der Waals surface area contributed by atoms with E-state index in [9.17, 15) is 19.8 Å². The zero-order valence-electron chi connectivity index (χ0n) is 15.4. The third-order valence-electron chi connectivity index (χ3n) is 4.42. The maximum absolute atomic E-state index is 12.2. The average molecular weight is 360 g/mol. The van der Waals surface area contributed by atoms with Gasteiger partial charge in [0.05, 0.1) is 7.11 Å². The minimum absolute atomic E-state index is 0.00220. The van der Waals surface area contributed by atoms with Crippen LogP contribution in [0, 0.1) is 5.41 Å². The molecule has 1 aliphatic carbocycles. The first-order valence-corrected chi connectivity index (χ1v) is 8.29. The highest BCUT2D eigenvalue weighted by Crippen LogP contribution is 2.35. The number of carbonyl (C=O) groups is 2. The molecule has 1 aromatic rings. The fraction of sp³-hybridized carbons (Fsp3) is 0.400. The number of phenols is 1. The number of methoxy groups -OCH3 is 1. The molecule has 1 aliphatic rings. The van der Waals surface area contributed by atoms with E-state index in [1.54, 1.807) is 32.9 Å². The summed E-state index contributed by atoms with van der Waals surface area (Å²) in [6.45, 7) is 5.21. The number of hydrogen-bond acceptors (Lipinski definition) is 6. The fourth-order valence-electron chi connectivity index (χ4n) is 2.91. The van der Waals surface area contributed by atoms with E-state index >= 15 is 0 Å². The Morgan fingerprint density at radius 1 is 1.35 bits per heavy atom. The molecule has 6 heteroatoms. The van der Waals surface area contributed by atoms with Crippen LogP contribution in [0.1, 0.15) is 32.8 Å². The number of aromatic hydroxyl groups is 1. The van der Waals surface area contributed by atoms with Gasteiger partial charge < -0.3 is 19.7 Å². The second-order valence-corrected chi connectivity index (χ2v) is 7.05. The monoisotopic (exact) mass is 360 g/mol. The Hall–Kier alpha value is -2.60. The quantitative estimate of drug-likeness (QED) is 0.633. The lowest BCUT2D eigenvalue weighted by Gasteiger charge is -2.33. The number of aliphatic hydroxyl groups is 1. The van der Waals surface area contributed by atoms with Crippen molar-refractivity contribution in [2.24, 2.45) is 5.41 Å². The Labute approximate surface area is 152 Å². The van der Waals surface area contributed by atoms with E-state index in [0.29, 0.717) is 16.9 Å². The van der Waals surface area contributed by atoms with Gasteiger partial charge in [-0.2, -0.15) is 0 Å². The summed E-state index contributed by atoms with van der Waals surface area (Å²) in [5.41, 5.74) is 0.412. The number of allylic oxidation sites excluding steroid dienone is 1. The molecule has 0 spiro atoms. The molecule has 0 saturated carbocycles. The summed E-state index contributed by atoms with van der Waals surface area (Å²) in [7, 11) is 1.43. The first kappa shape index (κ1) is 19.7. The molecular formula is C20H24O6. The van der Waals surface area contributed by atoms with Crippen molar-refractivity contribution in [3.63, 3.8) is 0 Å². The van der Waals surface area contributed by atoms with Crippen LogP contribution in [0.3, 0.4) is 0 Å². The van der Waals surface area contributed by atoms with Gasteiger partial charge in [-0.1, -0.05) is 19.9 Å². The van der Waals surface area contributed by atoms with Gasteiger partial charge in [-0.15, -0.1) is 0 Å². The Kier molecular flexibility index (Phi) is 5.87. The standard InChI is InChI=1S/C20H24O6/c1-12-9-15(22)19(20(2,3)11-16(12)23)26-18(24)8-6-13-5-7-14(21)17(10-13)25-4/h5-10,15,19,21-22H,11H2,1-4H3/b8-6+. The first-order chi connectivity index (χ1) is 12.1. The van der Waals surface area contributed by atoms with Crippen LogP contribution in [0.5, 0.6) is 11.5 Å². The highest BCUT2D eigenvalue weighted by Gasteiger charge is 2.41. The molecule has 0 aliphatic heterocycles. The van der Waals surface area contributed by atoms with Crippen LogP contribution in [0.15, 0.2) is 35.9 Å². The largest absolute Gasteiger partial charge is 0.504 e. The molecule has 0 fully saturated rings. The molecule has 2 atom stereocenters. The van der Waals surface area contributed by atoms with Gasteiger partial charge in [0, 0.05) is 17.9 Å². The highest BCUT2D eigenvalue weighted by molar-refractivity contribution is 5.95. The van der Waals surface area contributed by atoms with Crippen molar-refractivity contribution in [1.29, 1.82) is 0 Å². The number of phenolic OH excluding ortho intramolecular Hbond substituents is 1. The van der Waals surface area contributed by atoms with Gasteiger partial charge in [-0.25, -0.2) is 4.79 Å². The van der Waals surface area contributed by atoms with Crippen LogP contribution >= 0.6 is 0 Å². The van der Waals surface area contributed by atoms with E-state index in [0.717, 1.165) is 0 Å². The predicted octanol–water partition coefficient (Wildman–Crippen LogP) is 2.63. The number of benzene rings is 1. The second kappa shape index (κ2) is 7.74. The van der Waals surface area contributed by atoms with Gasteiger partial charge in [-0.3, -0.25) is 4.79 Å². The number of rotatable bonds is 4. The van der Waals surface area contributed by atoms with Gasteiger partial charge >= 0.3 is 5.97 Å². The van der Waals surface area contributed by atoms with Crippen LogP contribution in [0.2, 0.25) is 0 Å². The Morgan fingerprint density at radius 3 is 2.69 bits per heavy atom. The summed E-state index contributed by atoms with van der Waals surface area (Å²) < 4.78 is 10.5. The fourth-order valence-corrected chi connectivity index (χ4v) is 2.91. The molecule has 1 aromatic carbocycles. The summed E-state index contributed by atoms with van der Waals surface area (Å²) in [6, 6.07) is 4.66. The number of hydrogen-bond donors (Lipinski definition) is 2. The van der Waals surface area contributed by atoms with Crippen LogP contribution in [-0.2, 0) is 14.3 Å². The predicted molar refractivity (Wildman–Crippen MR) is 96.7 cm³/mol. The highest BCUT2D eigenvalue weighted by atomic mass is 16.6. The molecule has 2 rings (SSSR count). The molecule has 0 radical (unpaired) electrons. The Balaban J connectivity index is 2.14. The van der Waals surface area contributed by atoms with Crippen molar-refractivity contribution >= 4 is 17.8 Å². The van der Waals surface area contributed by atoms with E-state index in [-0.39, 0.29) is 18.0 Å². The molecule has 0 saturated heterocycles. The maximum atomic E-state index is 12.2. The molecule has 0 bridgehead atoms. The molecule has 2 unspecified atom stereocenters. The lowest BCUT2D eigenvalue weighted by atomic mass is 9.80. The summed E-state index contributed by atoms with van der Waals surface area (Å²) in [5, 5.41) is 19.9. The number of Topliss-reactive ketones (excluding diaryl/α,β-unsaturated/α-hetero) is 1. The van der Waals surface area contributed by atoms with Crippen molar-refractivity contribution in [2.75, 3.05) is 7.11 Å². The van der Waals surface area contributed by atoms with Gasteiger partial charge in [0.2, 0.25) is 0 Å². The van der Waals surface area contributed by atoms with Crippen LogP contribution < -0.4 is 4.74 Å². The molecule has 26 heavy (non-hydrogen) atoms. The minimum Gasteiger partial charge on any atom is -0.504 e. The van der Waals surface area contributed by atoms with Crippen molar-refractivity contribution in [3.05, 3.63) is 41.5 Å². The van der Waals surface area contributed by atoms with Crippen LogP contribution in [-0.4, -0.2) is 41.3 Å². The SMILES string of the molecule is COc1cc(/C=C/C(=O)OC2C(O)C=C(C)C(=O)CC2(C)C)ccc1O. The third-order valence-corrected chi connectivity index (χ3v) is 4.42. The molecule has 6 nitrogen and oxygen atoms in total. The summed E-state index contributed by atoms with van der Waals surface area (Å²) >= 11 is 0. The summed E-state index contributed by atoms with van der Waals surface area (Å²) in [5.74, 6) is -0.406. The van der Waals surface area contributed by atoms with Gasteiger partial charge in [0.1, 0.15) is 12.2 Å². The van der Waals surface area contributed by atoms with Gasteiger partial charge in [0.25, 0.3) is 0 Å². The van der Waals surface area contributed by atoms with E-state index in [2.05, 4.69) is 0 Å². The zero-order chi connectivity index (χ0) is 19.5. The normalized spacial score (nSPS) is 22.7.